The maximum Gasteiger partial charge on any atom is 0.535 e. The number of hydrogen-bond donors (Lipinski definition) is 0. The predicted octanol–water partition coefficient (Wildman–Crippen LogP) is 11.7. The fourth-order valence-corrected chi connectivity index (χ4v) is 10.6. The predicted molar refractivity (Wildman–Crippen MR) is 186 cm³/mol. The number of ether oxygens (including phenoxy) is 1. The molecule has 0 spiro atoms. The van der Waals surface area contributed by atoms with E-state index in [1.54, 1.807) is 0 Å². The summed E-state index contributed by atoms with van der Waals surface area (Å²) in [7, 11) is 0. The molecule has 0 aliphatic heterocycles. The van der Waals surface area contributed by atoms with Gasteiger partial charge in [-0.05, 0) is 122 Å². The van der Waals surface area contributed by atoms with Gasteiger partial charge in [-0.1, -0.05) is 115 Å². The zero-order chi connectivity index (χ0) is 32.2. The van der Waals surface area contributed by atoms with Crippen LogP contribution in [-0.4, -0.2) is 18.0 Å². The Balaban J connectivity index is 1.14. The van der Waals surface area contributed by atoms with Crippen molar-refractivity contribution in [3.05, 3.63) is 47.0 Å². The fraction of sp³-hybridized carbons (Fsp3) is 0.756. The van der Waals surface area contributed by atoms with Gasteiger partial charge in [0.1, 0.15) is 6.10 Å². The molecule has 4 aliphatic carbocycles. The lowest BCUT2D eigenvalue weighted by atomic mass is 9.47. The second-order valence-electron chi connectivity index (χ2n) is 16.4. The summed E-state index contributed by atoms with van der Waals surface area (Å²) in [4.78, 5) is 17.9. The van der Waals surface area contributed by atoms with Crippen LogP contribution < -0.4 is 0 Å². The molecule has 0 heterocycles. The second-order valence-corrected chi connectivity index (χ2v) is 16.4. The topological polar surface area (TPSA) is 47.9 Å². The van der Waals surface area contributed by atoms with Crippen LogP contribution in [-0.2, 0) is 16.0 Å². The first-order valence-electron chi connectivity index (χ1n) is 18.8. The first kappa shape index (κ1) is 34.2. The van der Waals surface area contributed by atoms with Crippen LogP contribution in [0.15, 0.2) is 41.1 Å². The van der Waals surface area contributed by atoms with Crippen molar-refractivity contribution in [1.82, 2.24) is 0 Å². The van der Waals surface area contributed by atoms with Gasteiger partial charge in [0.25, 0.3) is 0 Å². The molecule has 1 aromatic carbocycles. The van der Waals surface area contributed by atoms with Crippen LogP contribution in [0.4, 0.5) is 4.79 Å². The number of carbonyl (C=O) groups is 1. The van der Waals surface area contributed by atoms with Crippen LogP contribution in [0.5, 0.6) is 0 Å². The normalized spacial score (nSPS) is 33.6. The van der Waals surface area contributed by atoms with E-state index in [9.17, 15) is 4.79 Å². The van der Waals surface area contributed by atoms with Crippen molar-refractivity contribution in [3.63, 3.8) is 0 Å². The quantitative estimate of drug-likeness (QED) is 0.0585. The van der Waals surface area contributed by atoms with Gasteiger partial charge in [0, 0.05) is 6.42 Å². The van der Waals surface area contributed by atoms with Gasteiger partial charge in [-0.15, -0.1) is 0 Å². The lowest BCUT2D eigenvalue weighted by Crippen LogP contribution is -2.51. The van der Waals surface area contributed by atoms with E-state index in [2.05, 4.69) is 77.0 Å². The Bertz CT molecular complexity index is 1200. The van der Waals surface area contributed by atoms with Crippen LogP contribution in [0.1, 0.15) is 149 Å². The molecule has 3 saturated carbocycles. The molecular weight excluding hydrogens is 554 g/mol. The number of unbranched alkanes of at least 4 members (excludes halogenated alkanes) is 2. The van der Waals surface area contributed by atoms with Crippen molar-refractivity contribution >= 4 is 11.9 Å². The first-order valence-corrected chi connectivity index (χ1v) is 18.8. The van der Waals surface area contributed by atoms with Crippen LogP contribution in [0.2, 0.25) is 0 Å². The van der Waals surface area contributed by atoms with Crippen molar-refractivity contribution in [1.29, 1.82) is 0 Å². The van der Waals surface area contributed by atoms with Crippen molar-refractivity contribution < 1.29 is 14.4 Å². The van der Waals surface area contributed by atoms with Gasteiger partial charge in [0.05, 0.1) is 5.71 Å². The summed E-state index contributed by atoms with van der Waals surface area (Å²) >= 11 is 0. The highest BCUT2D eigenvalue weighted by Crippen LogP contribution is 2.67. The van der Waals surface area contributed by atoms with E-state index in [-0.39, 0.29) is 11.5 Å². The highest BCUT2D eigenvalue weighted by molar-refractivity contribution is 5.98. The minimum absolute atomic E-state index is 0.123. The zero-order valence-corrected chi connectivity index (χ0v) is 29.7. The Hall–Kier alpha value is -2.10. The molecular formula is C41H63NO3. The van der Waals surface area contributed by atoms with Gasteiger partial charge in [-0.3, -0.25) is 4.84 Å². The number of nitrogens with zero attached hydrogens (tertiary/aromatic N) is 1. The number of aryl methyl sites for hydroxylation is 1. The molecule has 3 fully saturated rings. The summed E-state index contributed by atoms with van der Waals surface area (Å²) in [5, 5.41) is 4.12. The maximum absolute atomic E-state index is 12.7. The van der Waals surface area contributed by atoms with Crippen molar-refractivity contribution in [2.24, 2.45) is 51.5 Å². The molecule has 0 N–H and O–H groups in total. The minimum atomic E-state index is -0.679. The second kappa shape index (κ2) is 14.8. The number of rotatable bonds is 12. The standard InChI is InChI=1S/C41H63NO3/c1-8-9-10-14-31-15-17-32(18-16-31)30(5)42-45-39(43)44-34-23-25-40(6)33(27-34)19-20-35-37-22-21-36(29(4)13-11-12-28(2)3)41(37,7)26-24-38(35)40/h15-19,28-29,34-38H,8-14,20-27H2,1-7H3/b42-30-/t29-,34-,35+,36-,37+,38+,40+,41-/m1/s1. The Labute approximate surface area is 275 Å². The molecule has 45 heavy (non-hydrogen) atoms. The Morgan fingerprint density at radius 3 is 2.47 bits per heavy atom. The lowest BCUT2D eigenvalue weighted by Gasteiger charge is -2.58. The smallest absolute Gasteiger partial charge is 0.429 e. The highest BCUT2D eigenvalue weighted by atomic mass is 16.8. The van der Waals surface area contributed by atoms with Gasteiger partial charge in [-0.25, -0.2) is 4.79 Å². The van der Waals surface area contributed by atoms with Crippen LogP contribution in [0.3, 0.4) is 0 Å². The average Bonchev–Trinajstić information content (AvgIpc) is 3.37. The van der Waals surface area contributed by atoms with Gasteiger partial charge in [-0.2, -0.15) is 0 Å². The molecule has 0 unspecified atom stereocenters. The molecule has 4 nitrogen and oxygen atoms in total. The van der Waals surface area contributed by atoms with Gasteiger partial charge in [0.2, 0.25) is 0 Å². The van der Waals surface area contributed by atoms with Crippen molar-refractivity contribution in [2.75, 3.05) is 0 Å². The van der Waals surface area contributed by atoms with Crippen molar-refractivity contribution in [2.45, 2.75) is 151 Å². The molecule has 0 radical (unpaired) electrons. The van der Waals surface area contributed by atoms with Crippen LogP contribution in [0.25, 0.3) is 0 Å². The van der Waals surface area contributed by atoms with Crippen molar-refractivity contribution in [3.8, 4) is 0 Å². The summed E-state index contributed by atoms with van der Waals surface area (Å²) in [6.07, 6.45) is 20.4. The molecule has 8 atom stereocenters. The third-order valence-corrected chi connectivity index (χ3v) is 13.2. The molecule has 0 saturated heterocycles. The Morgan fingerprint density at radius 1 is 0.956 bits per heavy atom. The summed E-state index contributed by atoms with van der Waals surface area (Å²) in [5.74, 6) is 5.01. The third kappa shape index (κ3) is 7.57. The SMILES string of the molecule is CCCCCc1ccc(/C(C)=N\OC(=O)O[C@@H]2CC[C@@]3(C)C(=CC[C@H]4[C@@H]5CC[C@H]([C@H](C)CCCC(C)C)[C@@]5(C)CC[C@@H]43)C2)cc1. The molecule has 4 heteroatoms. The molecule has 5 rings (SSSR count). The van der Waals surface area contributed by atoms with E-state index in [1.165, 1.54) is 81.8 Å². The summed E-state index contributed by atoms with van der Waals surface area (Å²) in [5.41, 5.74) is 5.28. The molecule has 0 bridgehead atoms. The molecule has 4 aliphatic rings. The van der Waals surface area contributed by atoms with E-state index in [0.717, 1.165) is 66.8 Å². The molecule has 1 aromatic rings. The summed E-state index contributed by atoms with van der Waals surface area (Å²) < 4.78 is 5.85. The summed E-state index contributed by atoms with van der Waals surface area (Å²) in [6.45, 7) is 16.6. The minimum Gasteiger partial charge on any atom is -0.429 e. The third-order valence-electron chi connectivity index (χ3n) is 13.2. The van der Waals surface area contributed by atoms with E-state index in [1.807, 2.05) is 6.92 Å². The Morgan fingerprint density at radius 2 is 1.73 bits per heavy atom. The Kier molecular flexibility index (Phi) is 11.2. The van der Waals surface area contributed by atoms with Gasteiger partial charge >= 0.3 is 6.16 Å². The number of fused-ring (bicyclic) bond motifs is 5. The number of allylic oxidation sites excluding steroid dienone is 1. The highest BCUT2D eigenvalue weighted by Gasteiger charge is 2.59. The average molecular weight is 618 g/mol. The number of oxime groups is 1. The summed E-state index contributed by atoms with van der Waals surface area (Å²) in [6, 6.07) is 8.43. The van der Waals surface area contributed by atoms with E-state index >= 15 is 0 Å². The number of carbonyl (C=O) groups excluding carboxylic acids is 1. The van der Waals surface area contributed by atoms with Crippen LogP contribution >= 0.6 is 0 Å². The molecule has 250 valence electrons. The lowest BCUT2D eigenvalue weighted by molar-refractivity contribution is -0.0616. The van der Waals surface area contributed by atoms with E-state index in [4.69, 9.17) is 9.57 Å². The molecule has 0 aromatic heterocycles. The number of benzene rings is 1. The molecule has 0 amide bonds. The monoisotopic (exact) mass is 617 g/mol. The van der Waals surface area contributed by atoms with E-state index < -0.39 is 6.16 Å². The number of hydrogen-bond acceptors (Lipinski definition) is 4. The van der Waals surface area contributed by atoms with Crippen LogP contribution in [0, 0.1) is 46.3 Å². The fourth-order valence-electron chi connectivity index (χ4n) is 10.6. The van der Waals surface area contributed by atoms with E-state index in [0.29, 0.717) is 11.1 Å². The zero-order valence-electron chi connectivity index (χ0n) is 29.7. The largest absolute Gasteiger partial charge is 0.535 e. The maximum atomic E-state index is 12.7. The first-order chi connectivity index (χ1) is 21.5. The van der Waals surface area contributed by atoms with Gasteiger partial charge < -0.3 is 4.74 Å². The van der Waals surface area contributed by atoms with Gasteiger partial charge in [0.15, 0.2) is 0 Å².